The van der Waals surface area contributed by atoms with Gasteiger partial charge < -0.3 is 15.8 Å². The zero-order chi connectivity index (χ0) is 16.0. The molecule has 1 amide bonds. The summed E-state index contributed by atoms with van der Waals surface area (Å²) in [6.07, 6.45) is 1.07. The molecule has 1 rings (SSSR count). The van der Waals surface area contributed by atoms with E-state index in [0.717, 1.165) is 12.8 Å². The van der Waals surface area contributed by atoms with E-state index in [1.807, 2.05) is 13.8 Å². The van der Waals surface area contributed by atoms with Crippen LogP contribution >= 0.6 is 0 Å². The lowest BCUT2D eigenvalue weighted by Gasteiger charge is -2.20. The second-order valence-corrected chi connectivity index (χ2v) is 5.09. The summed E-state index contributed by atoms with van der Waals surface area (Å²) in [7, 11) is 0. The molecule has 0 saturated heterocycles. The maximum Gasteiger partial charge on any atom is 0.260 e. The number of nitrogen functional groups attached to an aromatic ring is 1. The lowest BCUT2D eigenvalue weighted by atomic mass is 10.1. The minimum atomic E-state index is -0.674. The van der Waals surface area contributed by atoms with E-state index >= 15 is 0 Å². The maximum absolute atomic E-state index is 12.1. The Bertz CT molecular complexity index is 510. The number of anilines is 1. The highest BCUT2D eigenvalue weighted by Crippen LogP contribution is 2.23. The smallest absolute Gasteiger partial charge is 0.260 e. The van der Waals surface area contributed by atoms with E-state index < -0.39 is 6.10 Å². The Morgan fingerprint density at radius 3 is 2.43 bits per heavy atom. The molecule has 0 aliphatic rings. The standard InChI is InChI=1S/C16H24N2O3/c1-5-13(6-2)18-16(20)11(4)21-15-8-7-12(17)9-14(15)10(3)19/h7-9,11,13H,5-6,17H2,1-4H3,(H,18,20). The van der Waals surface area contributed by atoms with Crippen LogP contribution in [0.25, 0.3) is 0 Å². The van der Waals surface area contributed by atoms with Crippen LogP contribution in [0.4, 0.5) is 5.69 Å². The summed E-state index contributed by atoms with van der Waals surface area (Å²) in [5.74, 6) is 0.0452. The average Bonchev–Trinajstić information content (AvgIpc) is 2.45. The van der Waals surface area contributed by atoms with Gasteiger partial charge in [0, 0.05) is 11.7 Å². The number of carbonyl (C=O) groups excluding carboxylic acids is 2. The summed E-state index contributed by atoms with van der Waals surface area (Å²) < 4.78 is 5.63. The van der Waals surface area contributed by atoms with Crippen molar-refractivity contribution in [1.82, 2.24) is 5.32 Å². The van der Waals surface area contributed by atoms with Crippen LogP contribution in [0.3, 0.4) is 0 Å². The second-order valence-electron chi connectivity index (χ2n) is 5.09. The SMILES string of the molecule is CCC(CC)NC(=O)C(C)Oc1ccc(N)cc1C(C)=O. The minimum absolute atomic E-state index is 0.141. The van der Waals surface area contributed by atoms with E-state index in [1.54, 1.807) is 25.1 Å². The first-order valence-electron chi connectivity index (χ1n) is 7.26. The highest BCUT2D eigenvalue weighted by Gasteiger charge is 2.19. The van der Waals surface area contributed by atoms with Gasteiger partial charge in [-0.25, -0.2) is 0 Å². The highest BCUT2D eigenvalue weighted by atomic mass is 16.5. The van der Waals surface area contributed by atoms with Crippen molar-refractivity contribution in [3.8, 4) is 5.75 Å². The molecule has 21 heavy (non-hydrogen) atoms. The molecular formula is C16H24N2O3. The molecule has 0 aromatic heterocycles. The predicted octanol–water partition coefficient (Wildman–Crippen LogP) is 2.54. The van der Waals surface area contributed by atoms with Crippen LogP contribution in [0, 0.1) is 0 Å². The van der Waals surface area contributed by atoms with Crippen LogP contribution in [0.2, 0.25) is 0 Å². The van der Waals surface area contributed by atoms with Gasteiger partial charge in [-0.3, -0.25) is 9.59 Å². The zero-order valence-electron chi connectivity index (χ0n) is 13.1. The highest BCUT2D eigenvalue weighted by molar-refractivity contribution is 5.97. The fourth-order valence-corrected chi connectivity index (χ4v) is 1.98. The van der Waals surface area contributed by atoms with Crippen molar-refractivity contribution in [2.24, 2.45) is 0 Å². The van der Waals surface area contributed by atoms with Gasteiger partial charge in [-0.2, -0.15) is 0 Å². The zero-order valence-corrected chi connectivity index (χ0v) is 13.1. The average molecular weight is 292 g/mol. The monoisotopic (exact) mass is 292 g/mol. The molecule has 3 N–H and O–H groups in total. The Labute approximate surface area is 125 Å². The van der Waals surface area contributed by atoms with Crippen LogP contribution < -0.4 is 15.8 Å². The molecule has 1 unspecified atom stereocenters. The molecule has 1 atom stereocenters. The Balaban J connectivity index is 2.81. The second kappa shape index (κ2) is 7.67. The van der Waals surface area contributed by atoms with Crippen LogP contribution in [-0.2, 0) is 4.79 Å². The van der Waals surface area contributed by atoms with Gasteiger partial charge in [0.1, 0.15) is 5.75 Å². The maximum atomic E-state index is 12.1. The van der Waals surface area contributed by atoms with Gasteiger partial charge in [0.05, 0.1) is 5.56 Å². The first-order valence-corrected chi connectivity index (χ1v) is 7.26. The van der Waals surface area contributed by atoms with Gasteiger partial charge in [-0.1, -0.05) is 13.8 Å². The number of nitrogens with two attached hydrogens (primary N) is 1. The Hall–Kier alpha value is -2.04. The van der Waals surface area contributed by atoms with Crippen molar-refractivity contribution in [3.63, 3.8) is 0 Å². The molecule has 0 spiro atoms. The number of Topliss-reactive ketones (excluding diaryl/α,β-unsaturated/α-hetero) is 1. The molecule has 0 bridgehead atoms. The third-order valence-electron chi connectivity index (χ3n) is 3.39. The van der Waals surface area contributed by atoms with Crippen molar-refractivity contribution >= 4 is 17.4 Å². The summed E-state index contributed by atoms with van der Waals surface area (Å²) in [5.41, 5.74) is 6.54. The number of ketones is 1. The van der Waals surface area contributed by atoms with Gasteiger partial charge in [-0.05, 0) is 44.9 Å². The number of ether oxygens (including phenoxy) is 1. The molecule has 0 heterocycles. The lowest BCUT2D eigenvalue weighted by Crippen LogP contribution is -2.42. The molecule has 116 valence electrons. The normalized spacial score (nSPS) is 12.0. The Morgan fingerprint density at radius 1 is 1.29 bits per heavy atom. The van der Waals surface area contributed by atoms with Crippen molar-refractivity contribution in [2.75, 3.05) is 5.73 Å². The first-order chi connectivity index (χ1) is 9.88. The summed E-state index contributed by atoms with van der Waals surface area (Å²) in [4.78, 5) is 23.7. The number of nitrogens with one attached hydrogen (secondary N) is 1. The fraction of sp³-hybridized carbons (Fsp3) is 0.500. The van der Waals surface area contributed by atoms with Gasteiger partial charge in [0.25, 0.3) is 5.91 Å². The number of amides is 1. The molecule has 0 aliphatic carbocycles. The summed E-state index contributed by atoms with van der Waals surface area (Å²) >= 11 is 0. The largest absolute Gasteiger partial charge is 0.480 e. The summed E-state index contributed by atoms with van der Waals surface area (Å²) in [6, 6.07) is 4.96. The van der Waals surface area contributed by atoms with Gasteiger partial charge in [-0.15, -0.1) is 0 Å². The Kier molecular flexibility index (Phi) is 6.21. The van der Waals surface area contributed by atoms with Crippen LogP contribution in [-0.4, -0.2) is 23.8 Å². The molecule has 0 aliphatic heterocycles. The lowest BCUT2D eigenvalue weighted by molar-refractivity contribution is -0.128. The molecular weight excluding hydrogens is 268 g/mol. The van der Waals surface area contributed by atoms with Crippen molar-refractivity contribution in [2.45, 2.75) is 52.7 Å². The fourth-order valence-electron chi connectivity index (χ4n) is 1.98. The van der Waals surface area contributed by atoms with E-state index in [0.29, 0.717) is 17.0 Å². The van der Waals surface area contributed by atoms with E-state index in [9.17, 15) is 9.59 Å². The van der Waals surface area contributed by atoms with E-state index in [4.69, 9.17) is 10.5 Å². The van der Waals surface area contributed by atoms with Crippen molar-refractivity contribution < 1.29 is 14.3 Å². The molecule has 5 heteroatoms. The minimum Gasteiger partial charge on any atom is -0.480 e. The molecule has 0 radical (unpaired) electrons. The number of benzene rings is 1. The Morgan fingerprint density at radius 2 is 1.90 bits per heavy atom. The topological polar surface area (TPSA) is 81.4 Å². The van der Waals surface area contributed by atoms with Crippen molar-refractivity contribution in [1.29, 1.82) is 0 Å². The number of rotatable bonds is 7. The summed E-state index contributed by atoms with van der Waals surface area (Å²) in [5, 5.41) is 2.92. The molecule has 5 nitrogen and oxygen atoms in total. The first kappa shape index (κ1) is 17.0. The van der Waals surface area contributed by atoms with E-state index in [-0.39, 0.29) is 17.7 Å². The van der Waals surface area contributed by atoms with Crippen LogP contribution in [0.5, 0.6) is 5.75 Å². The molecule has 1 aromatic carbocycles. The number of hydrogen-bond donors (Lipinski definition) is 2. The van der Waals surface area contributed by atoms with Crippen LogP contribution in [0.1, 0.15) is 50.9 Å². The number of hydrogen-bond acceptors (Lipinski definition) is 4. The van der Waals surface area contributed by atoms with Gasteiger partial charge >= 0.3 is 0 Å². The van der Waals surface area contributed by atoms with E-state index in [2.05, 4.69) is 5.32 Å². The molecule has 0 fully saturated rings. The van der Waals surface area contributed by atoms with Crippen molar-refractivity contribution in [3.05, 3.63) is 23.8 Å². The van der Waals surface area contributed by atoms with Gasteiger partial charge in [0.15, 0.2) is 11.9 Å². The molecule has 0 saturated carbocycles. The summed E-state index contributed by atoms with van der Waals surface area (Å²) in [6.45, 7) is 7.15. The third kappa shape index (κ3) is 4.77. The number of carbonyl (C=O) groups is 2. The third-order valence-corrected chi connectivity index (χ3v) is 3.39. The molecule has 1 aromatic rings. The predicted molar refractivity (Wildman–Crippen MR) is 83.5 cm³/mol. The van der Waals surface area contributed by atoms with Crippen LogP contribution in [0.15, 0.2) is 18.2 Å². The quantitative estimate of drug-likeness (QED) is 0.597. The van der Waals surface area contributed by atoms with Gasteiger partial charge in [0.2, 0.25) is 0 Å². The van der Waals surface area contributed by atoms with E-state index in [1.165, 1.54) is 6.92 Å².